The summed E-state index contributed by atoms with van der Waals surface area (Å²) >= 11 is 6.13. The van der Waals surface area contributed by atoms with Gasteiger partial charge in [-0.3, -0.25) is 4.72 Å². The van der Waals surface area contributed by atoms with E-state index in [9.17, 15) is 8.42 Å². The second-order valence-corrected chi connectivity index (χ2v) is 9.33. The zero-order valence-electron chi connectivity index (χ0n) is 16.8. The average Bonchev–Trinajstić information content (AvgIpc) is 3.31. The van der Waals surface area contributed by atoms with Crippen molar-refractivity contribution in [2.75, 3.05) is 11.0 Å². The van der Waals surface area contributed by atoms with E-state index in [2.05, 4.69) is 14.9 Å². The number of aromatic nitrogens is 3. The van der Waals surface area contributed by atoms with Crippen molar-refractivity contribution in [3.63, 3.8) is 0 Å². The van der Waals surface area contributed by atoms with Crippen LogP contribution >= 0.6 is 11.6 Å². The largest absolute Gasteiger partial charge is 0.423 e. The Morgan fingerprint density at radius 3 is 2.47 bits per heavy atom. The highest BCUT2D eigenvalue weighted by atomic mass is 35.5. The number of halogens is 1. The Labute approximate surface area is 179 Å². The fraction of sp³-hybridized carbons (Fsp3) is 0.238. The minimum absolute atomic E-state index is 0.448. The van der Waals surface area contributed by atoms with E-state index >= 15 is 0 Å². The minimum atomic E-state index is -3.42. The van der Waals surface area contributed by atoms with Gasteiger partial charge >= 0.3 is 0 Å². The first-order chi connectivity index (χ1) is 14.2. The van der Waals surface area contributed by atoms with Gasteiger partial charge in [0, 0.05) is 23.5 Å². The Morgan fingerprint density at radius 1 is 1.13 bits per heavy atom. The molecular formula is C21H21ClN4O3S. The molecule has 1 N–H and O–H groups in total. The molecule has 0 fully saturated rings. The lowest BCUT2D eigenvalue weighted by molar-refractivity contribution is 0.314. The second kappa shape index (κ2) is 7.45. The van der Waals surface area contributed by atoms with E-state index in [1.807, 2.05) is 60.2 Å². The van der Waals surface area contributed by atoms with Crippen LogP contribution in [-0.4, -0.2) is 29.4 Å². The molecule has 0 spiro atoms. The molecular weight excluding hydrogens is 424 g/mol. The Morgan fingerprint density at radius 2 is 1.87 bits per heavy atom. The van der Waals surface area contributed by atoms with Crippen molar-refractivity contribution in [2.24, 2.45) is 0 Å². The molecule has 0 aliphatic heterocycles. The number of fused-ring (bicyclic) bond motifs is 1. The summed E-state index contributed by atoms with van der Waals surface area (Å²) in [5, 5.41) is 9.80. The predicted octanol–water partition coefficient (Wildman–Crippen LogP) is 4.56. The van der Waals surface area contributed by atoms with Crippen molar-refractivity contribution in [1.82, 2.24) is 14.8 Å². The molecule has 2 heterocycles. The van der Waals surface area contributed by atoms with E-state index in [0.717, 1.165) is 22.7 Å². The summed E-state index contributed by atoms with van der Waals surface area (Å²) in [7, 11) is -3.42. The van der Waals surface area contributed by atoms with Crippen LogP contribution in [0.25, 0.3) is 10.9 Å². The SMILES string of the molecule is CCC(c1ccc(Cl)cc1)(c1nnc(C)o1)n1ccc2c(NS(C)(=O)=O)cccc21. The summed E-state index contributed by atoms with van der Waals surface area (Å²) in [5.74, 6) is 0.913. The fourth-order valence-electron chi connectivity index (χ4n) is 3.87. The third-order valence-corrected chi connectivity index (χ3v) is 6.00. The van der Waals surface area contributed by atoms with Gasteiger partial charge < -0.3 is 8.98 Å². The Kier molecular flexibility index (Phi) is 5.07. The van der Waals surface area contributed by atoms with Crippen LogP contribution < -0.4 is 4.72 Å². The minimum Gasteiger partial charge on any atom is -0.423 e. The fourth-order valence-corrected chi connectivity index (χ4v) is 4.57. The van der Waals surface area contributed by atoms with Gasteiger partial charge in [-0.25, -0.2) is 8.42 Å². The summed E-state index contributed by atoms with van der Waals surface area (Å²) in [4.78, 5) is 0. The van der Waals surface area contributed by atoms with Crippen LogP contribution in [0, 0.1) is 6.92 Å². The summed E-state index contributed by atoms with van der Waals surface area (Å²) in [6.07, 6.45) is 3.66. The highest BCUT2D eigenvalue weighted by Gasteiger charge is 2.40. The molecule has 9 heteroatoms. The van der Waals surface area contributed by atoms with E-state index in [1.54, 1.807) is 13.0 Å². The number of anilines is 1. The molecule has 0 bridgehead atoms. The quantitative estimate of drug-likeness (QED) is 0.470. The van der Waals surface area contributed by atoms with Crippen LogP contribution in [0.1, 0.15) is 30.7 Å². The first-order valence-electron chi connectivity index (χ1n) is 9.39. The zero-order chi connectivity index (χ0) is 21.5. The maximum Gasteiger partial charge on any atom is 0.246 e. The Hall–Kier alpha value is -2.84. The number of nitrogens with one attached hydrogen (secondary N) is 1. The van der Waals surface area contributed by atoms with Gasteiger partial charge in [0.1, 0.15) is 5.54 Å². The Bertz CT molecular complexity index is 1310. The molecule has 4 rings (SSSR count). The van der Waals surface area contributed by atoms with E-state index in [0.29, 0.717) is 28.9 Å². The van der Waals surface area contributed by atoms with E-state index in [4.69, 9.17) is 16.0 Å². The molecule has 1 unspecified atom stereocenters. The molecule has 0 amide bonds. The summed E-state index contributed by atoms with van der Waals surface area (Å²) in [5.41, 5.74) is 1.47. The van der Waals surface area contributed by atoms with E-state index in [-0.39, 0.29) is 0 Å². The van der Waals surface area contributed by atoms with Crippen molar-refractivity contribution in [3.8, 4) is 0 Å². The predicted molar refractivity (Wildman–Crippen MR) is 117 cm³/mol. The van der Waals surface area contributed by atoms with Crippen LogP contribution in [0.2, 0.25) is 5.02 Å². The standard InChI is InChI=1S/C21H21ClN4O3S/c1-4-21(20-24-23-14(2)29-20,15-8-10-16(22)11-9-15)26-13-12-17-18(25-30(3,27)28)6-5-7-19(17)26/h5-13,25H,4H2,1-3H3. The van der Waals surface area contributed by atoms with E-state index in [1.165, 1.54) is 0 Å². The molecule has 7 nitrogen and oxygen atoms in total. The van der Waals surface area contributed by atoms with Crippen LogP contribution in [0.15, 0.2) is 59.1 Å². The highest BCUT2D eigenvalue weighted by molar-refractivity contribution is 7.92. The molecule has 0 aliphatic rings. The number of aryl methyl sites for hydroxylation is 1. The first-order valence-corrected chi connectivity index (χ1v) is 11.7. The molecule has 30 heavy (non-hydrogen) atoms. The number of sulfonamides is 1. The second-order valence-electron chi connectivity index (χ2n) is 7.15. The van der Waals surface area contributed by atoms with Gasteiger partial charge in [-0.1, -0.05) is 36.7 Å². The molecule has 1 atom stereocenters. The van der Waals surface area contributed by atoms with Crippen LogP contribution in [0.4, 0.5) is 5.69 Å². The monoisotopic (exact) mass is 444 g/mol. The van der Waals surface area contributed by atoms with Gasteiger partial charge in [0.2, 0.25) is 21.8 Å². The van der Waals surface area contributed by atoms with Crippen LogP contribution in [0.5, 0.6) is 0 Å². The molecule has 0 aliphatic carbocycles. The molecule has 4 aromatic rings. The number of hydrogen-bond donors (Lipinski definition) is 1. The van der Waals surface area contributed by atoms with Crippen molar-refractivity contribution >= 4 is 38.2 Å². The molecule has 0 saturated carbocycles. The van der Waals surface area contributed by atoms with Crippen LogP contribution in [-0.2, 0) is 15.6 Å². The van der Waals surface area contributed by atoms with Gasteiger partial charge in [0.15, 0.2) is 0 Å². The molecule has 0 saturated heterocycles. The maximum absolute atomic E-state index is 11.8. The average molecular weight is 445 g/mol. The molecule has 2 aromatic carbocycles. The number of hydrogen-bond acceptors (Lipinski definition) is 5. The summed E-state index contributed by atoms with van der Waals surface area (Å²) in [6.45, 7) is 3.79. The normalized spacial score (nSPS) is 14.0. The van der Waals surface area contributed by atoms with Gasteiger partial charge in [-0.15, -0.1) is 10.2 Å². The van der Waals surface area contributed by atoms with Gasteiger partial charge in [0.25, 0.3) is 0 Å². The summed E-state index contributed by atoms with van der Waals surface area (Å²) in [6, 6.07) is 14.9. The lowest BCUT2D eigenvalue weighted by Gasteiger charge is -2.33. The first kappa shape index (κ1) is 20.4. The van der Waals surface area contributed by atoms with Crippen LogP contribution in [0.3, 0.4) is 0 Å². The zero-order valence-corrected chi connectivity index (χ0v) is 18.3. The van der Waals surface area contributed by atoms with E-state index < -0.39 is 15.6 Å². The van der Waals surface area contributed by atoms with Crippen molar-refractivity contribution in [3.05, 3.63) is 77.1 Å². The molecule has 0 radical (unpaired) electrons. The number of rotatable bonds is 6. The van der Waals surface area contributed by atoms with Crippen molar-refractivity contribution in [2.45, 2.75) is 25.8 Å². The van der Waals surface area contributed by atoms with Crippen molar-refractivity contribution in [1.29, 1.82) is 0 Å². The van der Waals surface area contributed by atoms with Crippen molar-refractivity contribution < 1.29 is 12.8 Å². The third-order valence-electron chi connectivity index (χ3n) is 5.15. The van der Waals surface area contributed by atoms with Gasteiger partial charge in [0.05, 0.1) is 17.5 Å². The summed E-state index contributed by atoms with van der Waals surface area (Å²) < 4.78 is 34.2. The highest BCUT2D eigenvalue weighted by Crippen LogP contribution is 2.41. The Balaban J connectivity index is 2.02. The lowest BCUT2D eigenvalue weighted by Crippen LogP contribution is -2.35. The smallest absolute Gasteiger partial charge is 0.246 e. The molecule has 156 valence electrons. The maximum atomic E-state index is 11.8. The number of nitrogens with zero attached hydrogens (tertiary/aromatic N) is 3. The van der Waals surface area contributed by atoms with Gasteiger partial charge in [-0.2, -0.15) is 0 Å². The lowest BCUT2D eigenvalue weighted by atomic mass is 9.86. The molecule has 2 aromatic heterocycles. The topological polar surface area (TPSA) is 90.0 Å². The van der Waals surface area contributed by atoms with Gasteiger partial charge in [-0.05, 0) is 42.3 Å². The third kappa shape index (κ3) is 3.46. The number of benzene rings is 2.